The first-order valence-electron chi connectivity index (χ1n) is 4.54. The molecule has 1 atom stereocenters. The summed E-state index contributed by atoms with van der Waals surface area (Å²) in [6.07, 6.45) is 0. The smallest absolute Gasteiger partial charge is 0.324 e. The van der Waals surface area contributed by atoms with Crippen molar-refractivity contribution in [2.24, 2.45) is 0 Å². The number of carbonyl (C=O) groups is 1. The molecule has 0 aliphatic rings. The zero-order chi connectivity index (χ0) is 12.3. The van der Waals surface area contributed by atoms with E-state index in [2.05, 4.69) is 0 Å². The second kappa shape index (κ2) is 4.63. The lowest BCUT2D eigenvalue weighted by Crippen LogP contribution is -2.33. The van der Waals surface area contributed by atoms with Gasteiger partial charge in [-0.1, -0.05) is 17.7 Å². The lowest BCUT2D eigenvalue weighted by molar-refractivity contribution is -0.137. The van der Waals surface area contributed by atoms with Crippen molar-refractivity contribution in [3.63, 3.8) is 0 Å². The minimum atomic E-state index is -4.02. The molecule has 1 rings (SSSR count). The third-order valence-electron chi connectivity index (χ3n) is 2.17. The van der Waals surface area contributed by atoms with Crippen LogP contribution in [0.4, 0.5) is 0 Å². The van der Waals surface area contributed by atoms with Gasteiger partial charge in [-0.2, -0.15) is 0 Å². The summed E-state index contributed by atoms with van der Waals surface area (Å²) in [5, 5.41) is 15.7. The van der Waals surface area contributed by atoms with Crippen molar-refractivity contribution >= 4 is 15.8 Å². The molecule has 0 aromatic heterocycles. The van der Waals surface area contributed by atoms with Crippen LogP contribution in [-0.4, -0.2) is 36.5 Å². The topological polar surface area (TPSA) is 91.7 Å². The lowest BCUT2D eigenvalue weighted by atomic mass is 10.2. The van der Waals surface area contributed by atoms with Gasteiger partial charge in [0.1, 0.15) is 0 Å². The van der Waals surface area contributed by atoms with Gasteiger partial charge >= 0.3 is 5.97 Å². The lowest BCUT2D eigenvalue weighted by Gasteiger charge is -2.10. The van der Waals surface area contributed by atoms with Crippen LogP contribution in [0.25, 0.3) is 0 Å². The molecular weight excluding hydrogens is 232 g/mol. The fraction of sp³-hybridized carbons (Fsp3) is 0.300. The third-order valence-corrected chi connectivity index (χ3v) is 4.19. The maximum Gasteiger partial charge on any atom is 0.324 e. The summed E-state index contributed by atoms with van der Waals surface area (Å²) < 4.78 is 23.6. The maximum atomic E-state index is 11.8. The number of hydrogen-bond acceptors (Lipinski definition) is 4. The molecule has 0 radical (unpaired) electrons. The summed E-state index contributed by atoms with van der Waals surface area (Å²) in [5.74, 6) is -1.55. The van der Waals surface area contributed by atoms with Crippen molar-refractivity contribution < 1.29 is 23.4 Å². The van der Waals surface area contributed by atoms with E-state index in [4.69, 9.17) is 10.2 Å². The number of aryl methyl sites for hydroxylation is 1. The molecule has 0 unspecified atom stereocenters. The van der Waals surface area contributed by atoms with Crippen LogP contribution in [0.3, 0.4) is 0 Å². The molecule has 1 aromatic rings. The average Bonchev–Trinajstić information content (AvgIpc) is 2.18. The van der Waals surface area contributed by atoms with Gasteiger partial charge in [-0.05, 0) is 19.1 Å². The van der Waals surface area contributed by atoms with E-state index in [9.17, 15) is 13.2 Å². The minimum Gasteiger partial charge on any atom is -0.480 e. The van der Waals surface area contributed by atoms with Crippen LogP contribution in [0, 0.1) is 6.92 Å². The van der Waals surface area contributed by atoms with Crippen LogP contribution in [-0.2, 0) is 14.6 Å². The van der Waals surface area contributed by atoms with Crippen LogP contribution >= 0.6 is 0 Å². The molecule has 5 nitrogen and oxygen atoms in total. The summed E-state index contributed by atoms with van der Waals surface area (Å²) in [7, 11) is -4.02. The molecule has 0 bridgehead atoms. The standard InChI is InChI=1S/C10H12O5S/c1-7-2-4-8(5-3-7)16(14,15)9(6-11)10(12)13/h2-5,9,11H,6H2,1H3,(H,12,13)/t9-/m0/s1. The van der Waals surface area contributed by atoms with Gasteiger partial charge in [-0.15, -0.1) is 0 Å². The van der Waals surface area contributed by atoms with Gasteiger partial charge < -0.3 is 10.2 Å². The highest BCUT2D eigenvalue weighted by Gasteiger charge is 2.33. The Morgan fingerprint density at radius 3 is 2.19 bits per heavy atom. The minimum absolute atomic E-state index is 0.0976. The Morgan fingerprint density at radius 1 is 1.31 bits per heavy atom. The Kier molecular flexibility index (Phi) is 3.66. The zero-order valence-electron chi connectivity index (χ0n) is 8.62. The Morgan fingerprint density at radius 2 is 1.81 bits per heavy atom. The van der Waals surface area contributed by atoms with Crippen LogP contribution in [0.2, 0.25) is 0 Å². The first-order valence-corrected chi connectivity index (χ1v) is 6.08. The fourth-order valence-corrected chi connectivity index (χ4v) is 2.51. The number of aliphatic hydroxyl groups excluding tert-OH is 1. The third kappa shape index (κ3) is 2.40. The predicted octanol–water partition coefficient (Wildman–Crippen LogP) is 0.214. The van der Waals surface area contributed by atoms with Crippen LogP contribution < -0.4 is 0 Å². The quantitative estimate of drug-likeness (QED) is 0.790. The zero-order valence-corrected chi connectivity index (χ0v) is 9.44. The molecule has 1 aromatic carbocycles. The van der Waals surface area contributed by atoms with Crippen molar-refractivity contribution in [3.8, 4) is 0 Å². The molecule has 88 valence electrons. The SMILES string of the molecule is Cc1ccc(S(=O)(=O)[C@@H](CO)C(=O)O)cc1. The van der Waals surface area contributed by atoms with E-state index in [1.807, 2.05) is 0 Å². The van der Waals surface area contributed by atoms with Gasteiger partial charge in [0.2, 0.25) is 0 Å². The summed E-state index contributed by atoms with van der Waals surface area (Å²) in [6.45, 7) is 0.850. The molecule has 6 heteroatoms. The Hall–Kier alpha value is -1.40. The Balaban J connectivity index is 3.20. The average molecular weight is 244 g/mol. The van der Waals surface area contributed by atoms with E-state index in [0.29, 0.717) is 0 Å². The number of sulfone groups is 1. The van der Waals surface area contributed by atoms with Crippen LogP contribution in [0.1, 0.15) is 5.56 Å². The maximum absolute atomic E-state index is 11.8. The first kappa shape index (κ1) is 12.7. The number of aliphatic carboxylic acids is 1. The number of carboxylic acids is 1. The largest absolute Gasteiger partial charge is 0.480 e. The number of carboxylic acid groups (broad SMARTS) is 1. The Labute approximate surface area is 93.3 Å². The van der Waals surface area contributed by atoms with E-state index < -0.39 is 27.7 Å². The number of aliphatic hydroxyl groups is 1. The molecular formula is C10H12O5S. The summed E-state index contributed by atoms with van der Waals surface area (Å²) in [5.41, 5.74) is 0.870. The fourth-order valence-electron chi connectivity index (χ4n) is 1.20. The van der Waals surface area contributed by atoms with E-state index in [-0.39, 0.29) is 4.90 Å². The molecule has 0 heterocycles. The highest BCUT2D eigenvalue weighted by Crippen LogP contribution is 2.16. The van der Waals surface area contributed by atoms with E-state index >= 15 is 0 Å². The molecule has 0 fully saturated rings. The summed E-state index contributed by atoms with van der Waals surface area (Å²) in [6, 6.07) is 5.80. The van der Waals surface area contributed by atoms with Gasteiger partial charge in [0, 0.05) is 0 Å². The van der Waals surface area contributed by atoms with E-state index in [0.717, 1.165) is 5.56 Å². The van der Waals surface area contributed by atoms with Crippen molar-refractivity contribution in [1.29, 1.82) is 0 Å². The molecule has 0 saturated heterocycles. The van der Waals surface area contributed by atoms with Crippen molar-refractivity contribution in [2.75, 3.05) is 6.61 Å². The highest BCUT2D eigenvalue weighted by molar-refractivity contribution is 7.92. The number of rotatable bonds is 4. The monoisotopic (exact) mass is 244 g/mol. The second-order valence-electron chi connectivity index (χ2n) is 3.37. The van der Waals surface area contributed by atoms with Crippen molar-refractivity contribution in [1.82, 2.24) is 0 Å². The van der Waals surface area contributed by atoms with Gasteiger partial charge in [-0.25, -0.2) is 8.42 Å². The normalized spacial score (nSPS) is 13.4. The summed E-state index contributed by atoms with van der Waals surface area (Å²) >= 11 is 0. The first-order chi connectivity index (χ1) is 7.39. The second-order valence-corrected chi connectivity index (χ2v) is 5.50. The predicted molar refractivity (Wildman–Crippen MR) is 56.9 cm³/mol. The number of hydrogen-bond donors (Lipinski definition) is 2. The Bertz CT molecular complexity index is 474. The summed E-state index contributed by atoms with van der Waals surface area (Å²) in [4.78, 5) is 10.6. The molecule has 0 aliphatic carbocycles. The molecule has 0 amide bonds. The van der Waals surface area contributed by atoms with Gasteiger partial charge in [0.05, 0.1) is 11.5 Å². The number of benzene rings is 1. The van der Waals surface area contributed by atoms with E-state index in [1.54, 1.807) is 19.1 Å². The van der Waals surface area contributed by atoms with Crippen LogP contribution in [0.15, 0.2) is 29.2 Å². The van der Waals surface area contributed by atoms with Gasteiger partial charge in [-0.3, -0.25) is 4.79 Å². The molecule has 0 spiro atoms. The van der Waals surface area contributed by atoms with E-state index in [1.165, 1.54) is 12.1 Å². The van der Waals surface area contributed by atoms with Crippen molar-refractivity contribution in [3.05, 3.63) is 29.8 Å². The molecule has 0 saturated carbocycles. The van der Waals surface area contributed by atoms with Crippen LogP contribution in [0.5, 0.6) is 0 Å². The molecule has 2 N–H and O–H groups in total. The molecule has 16 heavy (non-hydrogen) atoms. The van der Waals surface area contributed by atoms with Crippen molar-refractivity contribution in [2.45, 2.75) is 17.1 Å². The highest BCUT2D eigenvalue weighted by atomic mass is 32.2. The van der Waals surface area contributed by atoms with Gasteiger partial charge in [0.25, 0.3) is 0 Å². The molecule has 0 aliphatic heterocycles. The van der Waals surface area contributed by atoms with Gasteiger partial charge in [0.15, 0.2) is 15.1 Å².